The van der Waals surface area contributed by atoms with Gasteiger partial charge in [0.1, 0.15) is 0 Å². The number of aryl methyl sites for hydroxylation is 1. The van der Waals surface area contributed by atoms with Crippen molar-refractivity contribution in [1.82, 2.24) is 0 Å². The molecule has 0 saturated heterocycles. The molecule has 0 bridgehead atoms. The molecule has 0 aliphatic heterocycles. The predicted molar refractivity (Wildman–Crippen MR) is 54.6 cm³/mol. The average Bonchev–Trinajstić information content (AvgIpc) is 2.06. The summed E-state index contributed by atoms with van der Waals surface area (Å²) in [6.45, 7) is -0.410. The molecule has 78 valence electrons. The quantitative estimate of drug-likeness (QED) is 0.752. The topological polar surface area (TPSA) is 34.1 Å². The van der Waals surface area contributed by atoms with Gasteiger partial charge in [-0.3, -0.25) is 4.39 Å². The fourth-order valence-electron chi connectivity index (χ4n) is 1.11. The first kappa shape index (κ1) is 11.5. The molecule has 2 nitrogen and oxygen atoms in total. The molecule has 5 heteroatoms. The summed E-state index contributed by atoms with van der Waals surface area (Å²) in [5.41, 5.74) is 1.46. The van der Waals surface area contributed by atoms with Crippen molar-refractivity contribution in [3.8, 4) is 0 Å². The van der Waals surface area contributed by atoms with E-state index in [4.69, 9.17) is 10.7 Å². The lowest BCUT2D eigenvalue weighted by Gasteiger charge is -2.00. The highest BCUT2D eigenvalue weighted by atomic mass is 35.7. The largest absolute Gasteiger partial charge is 0.251 e. The van der Waals surface area contributed by atoms with Gasteiger partial charge in [0.25, 0.3) is 0 Å². The van der Waals surface area contributed by atoms with Crippen LogP contribution in [-0.4, -0.2) is 15.1 Å². The minimum atomic E-state index is -3.50. The third kappa shape index (κ3) is 4.07. The van der Waals surface area contributed by atoms with Gasteiger partial charge in [-0.2, -0.15) is 0 Å². The Kier molecular flexibility index (Phi) is 3.89. The summed E-state index contributed by atoms with van der Waals surface area (Å²) < 4.78 is 33.4. The van der Waals surface area contributed by atoms with Crippen LogP contribution in [0, 0.1) is 0 Å². The second-order valence-electron chi connectivity index (χ2n) is 2.94. The third-order valence-corrected chi connectivity index (χ3v) is 2.75. The van der Waals surface area contributed by atoms with Crippen molar-refractivity contribution in [1.29, 1.82) is 0 Å². The maximum atomic E-state index is 11.9. The van der Waals surface area contributed by atoms with Crippen molar-refractivity contribution in [2.45, 2.75) is 12.2 Å². The van der Waals surface area contributed by atoms with Crippen molar-refractivity contribution in [3.05, 3.63) is 35.4 Å². The zero-order chi connectivity index (χ0) is 10.6. The minimum absolute atomic E-state index is 0.190. The molecule has 0 radical (unpaired) electrons. The molecule has 0 spiro atoms. The molecule has 0 heterocycles. The first-order valence-corrected chi connectivity index (χ1v) is 6.55. The molecule has 14 heavy (non-hydrogen) atoms. The Morgan fingerprint density at radius 2 is 1.64 bits per heavy atom. The third-order valence-electron chi connectivity index (χ3n) is 1.75. The standard InChI is InChI=1S/C9H10ClFO2S/c10-14(12,13)7-9-3-1-8(2-4-9)5-6-11/h1-4H,5-7H2. The van der Waals surface area contributed by atoms with Crippen LogP contribution in [0.1, 0.15) is 11.1 Å². The summed E-state index contributed by atoms with van der Waals surface area (Å²) in [4.78, 5) is 0. The molecular formula is C9H10ClFO2S. The van der Waals surface area contributed by atoms with Gasteiger partial charge in [-0.25, -0.2) is 8.42 Å². The van der Waals surface area contributed by atoms with Crippen LogP contribution in [0.3, 0.4) is 0 Å². The van der Waals surface area contributed by atoms with Gasteiger partial charge < -0.3 is 0 Å². The number of halogens is 2. The number of rotatable bonds is 4. The van der Waals surface area contributed by atoms with Gasteiger partial charge in [0.15, 0.2) is 0 Å². The molecule has 0 N–H and O–H groups in total. The Labute approximate surface area is 87.1 Å². The Bertz CT molecular complexity index is 386. The smallest absolute Gasteiger partial charge is 0.236 e. The summed E-state index contributed by atoms with van der Waals surface area (Å²) in [6.07, 6.45) is 0.355. The van der Waals surface area contributed by atoms with Gasteiger partial charge in [0.2, 0.25) is 9.05 Å². The van der Waals surface area contributed by atoms with Crippen LogP contribution < -0.4 is 0 Å². The second kappa shape index (κ2) is 4.75. The maximum absolute atomic E-state index is 11.9. The lowest BCUT2D eigenvalue weighted by Crippen LogP contribution is -1.95. The molecule has 1 aromatic rings. The van der Waals surface area contributed by atoms with Crippen molar-refractivity contribution in [2.24, 2.45) is 0 Å². The van der Waals surface area contributed by atoms with E-state index in [1.54, 1.807) is 24.3 Å². The van der Waals surface area contributed by atoms with Gasteiger partial charge in [-0.1, -0.05) is 24.3 Å². The lowest BCUT2D eigenvalue weighted by atomic mass is 10.1. The number of alkyl halides is 1. The van der Waals surface area contributed by atoms with E-state index < -0.39 is 15.7 Å². The summed E-state index contributed by atoms with van der Waals surface area (Å²) in [7, 11) is 1.58. The van der Waals surface area contributed by atoms with E-state index in [2.05, 4.69) is 0 Å². The molecule has 0 amide bonds. The fourth-order valence-corrected chi connectivity index (χ4v) is 2.08. The summed E-state index contributed by atoms with van der Waals surface area (Å²) in [6, 6.07) is 6.70. The molecule has 0 fully saturated rings. The van der Waals surface area contributed by atoms with E-state index >= 15 is 0 Å². The Hall–Kier alpha value is -0.610. The van der Waals surface area contributed by atoms with Crippen molar-refractivity contribution < 1.29 is 12.8 Å². The second-order valence-corrected chi connectivity index (χ2v) is 5.72. The van der Waals surface area contributed by atoms with Crippen LogP contribution >= 0.6 is 10.7 Å². The van der Waals surface area contributed by atoms with Gasteiger partial charge in [-0.15, -0.1) is 0 Å². The SMILES string of the molecule is O=S(=O)(Cl)Cc1ccc(CCF)cc1. The van der Waals surface area contributed by atoms with E-state index in [0.717, 1.165) is 5.56 Å². The van der Waals surface area contributed by atoms with E-state index in [9.17, 15) is 12.8 Å². The highest BCUT2D eigenvalue weighted by Gasteiger charge is 2.06. The van der Waals surface area contributed by atoms with E-state index in [0.29, 0.717) is 12.0 Å². The molecule has 0 aliphatic carbocycles. The highest BCUT2D eigenvalue weighted by molar-refractivity contribution is 8.13. The number of hydrogen-bond acceptors (Lipinski definition) is 2. The summed E-state index contributed by atoms with van der Waals surface area (Å²) >= 11 is 0. The predicted octanol–water partition coefficient (Wildman–Crippen LogP) is 2.27. The molecule has 0 unspecified atom stereocenters. The summed E-state index contributed by atoms with van der Waals surface area (Å²) in [5.74, 6) is -0.190. The number of hydrogen-bond donors (Lipinski definition) is 0. The molecular weight excluding hydrogens is 227 g/mol. The van der Waals surface area contributed by atoms with E-state index in [-0.39, 0.29) is 5.75 Å². The van der Waals surface area contributed by atoms with Crippen LogP contribution in [0.5, 0.6) is 0 Å². The van der Waals surface area contributed by atoms with Crippen LogP contribution in [0.2, 0.25) is 0 Å². The van der Waals surface area contributed by atoms with E-state index in [1.165, 1.54) is 0 Å². The summed E-state index contributed by atoms with van der Waals surface area (Å²) in [5, 5.41) is 0. The Balaban J connectivity index is 2.74. The maximum Gasteiger partial charge on any atom is 0.236 e. The highest BCUT2D eigenvalue weighted by Crippen LogP contribution is 2.11. The lowest BCUT2D eigenvalue weighted by molar-refractivity contribution is 0.495. The van der Waals surface area contributed by atoms with Crippen LogP contribution in [0.15, 0.2) is 24.3 Å². The monoisotopic (exact) mass is 236 g/mol. The molecule has 1 rings (SSSR count). The molecule has 0 saturated carbocycles. The zero-order valence-corrected chi connectivity index (χ0v) is 8.98. The van der Waals surface area contributed by atoms with Crippen LogP contribution in [0.4, 0.5) is 4.39 Å². The van der Waals surface area contributed by atoms with Gasteiger partial charge >= 0.3 is 0 Å². The first-order valence-electron chi connectivity index (χ1n) is 4.07. The van der Waals surface area contributed by atoms with Crippen molar-refractivity contribution in [3.63, 3.8) is 0 Å². The number of benzene rings is 1. The minimum Gasteiger partial charge on any atom is -0.251 e. The normalized spacial score (nSPS) is 11.6. The van der Waals surface area contributed by atoms with Gasteiger partial charge in [0.05, 0.1) is 12.4 Å². The first-order chi connectivity index (χ1) is 6.51. The van der Waals surface area contributed by atoms with E-state index in [1.807, 2.05) is 0 Å². The molecule has 1 aromatic carbocycles. The van der Waals surface area contributed by atoms with Crippen molar-refractivity contribution in [2.75, 3.05) is 6.67 Å². The van der Waals surface area contributed by atoms with Crippen LogP contribution in [-0.2, 0) is 21.2 Å². The van der Waals surface area contributed by atoms with Gasteiger partial charge in [0, 0.05) is 17.1 Å². The zero-order valence-electron chi connectivity index (χ0n) is 7.41. The molecule has 0 aromatic heterocycles. The Morgan fingerprint density at radius 1 is 1.14 bits per heavy atom. The average molecular weight is 237 g/mol. The molecule has 0 atom stereocenters. The fraction of sp³-hybridized carbons (Fsp3) is 0.333. The van der Waals surface area contributed by atoms with Gasteiger partial charge in [-0.05, 0) is 11.1 Å². The Morgan fingerprint density at radius 3 is 2.07 bits per heavy atom. The van der Waals surface area contributed by atoms with Crippen LogP contribution in [0.25, 0.3) is 0 Å². The van der Waals surface area contributed by atoms with Crippen molar-refractivity contribution >= 4 is 19.7 Å². The molecule has 0 aliphatic rings.